The number of hydrogen-bond donors (Lipinski definition) is 2. The molecule has 0 atom stereocenters. The molecule has 1 aromatic heterocycles. The molecular formula is C19H16ClN3O5S2. The van der Waals surface area contributed by atoms with Crippen LogP contribution < -0.4 is 10.5 Å². The number of aryl methyl sites for hydroxylation is 1. The van der Waals surface area contributed by atoms with Crippen molar-refractivity contribution in [2.75, 3.05) is 11.9 Å². The normalized spacial score (nSPS) is 11.2. The van der Waals surface area contributed by atoms with E-state index in [1.54, 1.807) is 5.38 Å². The lowest BCUT2D eigenvalue weighted by Crippen LogP contribution is -2.21. The first-order valence-electron chi connectivity index (χ1n) is 8.45. The number of aromatic nitrogens is 1. The van der Waals surface area contributed by atoms with Crippen molar-refractivity contribution in [1.29, 1.82) is 0 Å². The smallest absolute Gasteiger partial charge is 0.340 e. The van der Waals surface area contributed by atoms with Crippen LogP contribution in [-0.2, 0) is 19.6 Å². The molecule has 0 spiro atoms. The number of hydrogen-bond acceptors (Lipinski definition) is 7. The first-order chi connectivity index (χ1) is 14.1. The number of thiazole rings is 1. The number of benzene rings is 2. The summed E-state index contributed by atoms with van der Waals surface area (Å²) in [6, 6.07) is 11.1. The average molecular weight is 466 g/mol. The minimum absolute atomic E-state index is 0.0320. The highest BCUT2D eigenvalue weighted by atomic mass is 35.5. The number of carbonyl (C=O) groups is 2. The van der Waals surface area contributed by atoms with Crippen LogP contribution in [0.3, 0.4) is 0 Å². The number of carbonyl (C=O) groups excluding carboxylic acids is 2. The summed E-state index contributed by atoms with van der Waals surface area (Å²) < 4.78 is 27.8. The number of anilines is 1. The van der Waals surface area contributed by atoms with E-state index in [1.165, 1.54) is 17.4 Å². The molecule has 3 N–H and O–H groups in total. The van der Waals surface area contributed by atoms with Gasteiger partial charge in [-0.05, 0) is 25.1 Å². The summed E-state index contributed by atoms with van der Waals surface area (Å²) in [5.74, 6) is -1.56. The Morgan fingerprint density at radius 2 is 1.90 bits per heavy atom. The van der Waals surface area contributed by atoms with Gasteiger partial charge in [0.05, 0.1) is 21.2 Å². The second-order valence-corrected chi connectivity index (χ2v) is 9.04. The molecule has 3 rings (SSSR count). The van der Waals surface area contributed by atoms with Crippen molar-refractivity contribution in [3.63, 3.8) is 0 Å². The van der Waals surface area contributed by atoms with Crippen LogP contribution in [0.5, 0.6) is 0 Å². The van der Waals surface area contributed by atoms with E-state index in [1.807, 2.05) is 31.2 Å². The minimum atomic E-state index is -4.02. The predicted octanol–water partition coefficient (Wildman–Crippen LogP) is 3.21. The molecule has 0 saturated carbocycles. The number of halogens is 1. The summed E-state index contributed by atoms with van der Waals surface area (Å²) in [5.41, 5.74) is 2.53. The molecule has 0 saturated heterocycles. The number of primary sulfonamides is 1. The lowest BCUT2D eigenvalue weighted by Gasteiger charge is -2.07. The van der Waals surface area contributed by atoms with Gasteiger partial charge in [-0.25, -0.2) is 23.3 Å². The molecule has 156 valence electrons. The van der Waals surface area contributed by atoms with Crippen molar-refractivity contribution < 1.29 is 22.7 Å². The molecular weight excluding hydrogens is 450 g/mol. The molecule has 30 heavy (non-hydrogen) atoms. The molecule has 0 unspecified atom stereocenters. The molecule has 11 heteroatoms. The molecule has 0 aliphatic heterocycles. The Morgan fingerprint density at radius 1 is 1.20 bits per heavy atom. The fraction of sp³-hybridized carbons (Fsp3) is 0.105. The summed E-state index contributed by atoms with van der Waals surface area (Å²) in [4.78, 5) is 28.3. The number of nitrogens with two attached hydrogens (primary N) is 1. The minimum Gasteiger partial charge on any atom is -0.452 e. The maximum atomic E-state index is 12.2. The predicted molar refractivity (Wildman–Crippen MR) is 114 cm³/mol. The SMILES string of the molecule is Cc1ccc(-c2csc(NC(=O)COC(=O)c3cc(S(N)(=O)=O)ccc3Cl)n2)cc1. The van der Waals surface area contributed by atoms with Crippen LogP contribution in [0.15, 0.2) is 52.7 Å². The summed E-state index contributed by atoms with van der Waals surface area (Å²) in [5, 5.41) is 9.70. The monoisotopic (exact) mass is 465 g/mol. The Morgan fingerprint density at radius 3 is 2.57 bits per heavy atom. The van der Waals surface area contributed by atoms with E-state index in [0.29, 0.717) is 10.8 Å². The maximum Gasteiger partial charge on any atom is 0.340 e. The van der Waals surface area contributed by atoms with Crippen LogP contribution >= 0.6 is 22.9 Å². The van der Waals surface area contributed by atoms with Crippen molar-refractivity contribution in [3.05, 3.63) is 64.0 Å². The van der Waals surface area contributed by atoms with Gasteiger partial charge in [-0.15, -0.1) is 11.3 Å². The zero-order chi connectivity index (χ0) is 21.9. The summed E-state index contributed by atoms with van der Waals surface area (Å²) in [6.07, 6.45) is 0. The molecule has 1 amide bonds. The van der Waals surface area contributed by atoms with Crippen LogP contribution in [0, 0.1) is 6.92 Å². The van der Waals surface area contributed by atoms with Crippen LogP contribution in [0.1, 0.15) is 15.9 Å². The maximum absolute atomic E-state index is 12.2. The van der Waals surface area contributed by atoms with Gasteiger partial charge in [0.2, 0.25) is 10.0 Å². The molecule has 1 heterocycles. The van der Waals surface area contributed by atoms with E-state index < -0.39 is 28.5 Å². The molecule has 0 radical (unpaired) electrons. The van der Waals surface area contributed by atoms with Crippen LogP contribution in [0.4, 0.5) is 5.13 Å². The molecule has 8 nitrogen and oxygen atoms in total. The Bertz CT molecular complexity index is 1210. The average Bonchev–Trinajstić information content (AvgIpc) is 3.14. The van der Waals surface area contributed by atoms with Gasteiger partial charge in [-0.3, -0.25) is 10.1 Å². The molecule has 2 aromatic carbocycles. The first-order valence-corrected chi connectivity index (χ1v) is 11.3. The number of rotatable bonds is 6. The first kappa shape index (κ1) is 21.9. The Kier molecular flexibility index (Phi) is 6.52. The van der Waals surface area contributed by atoms with Gasteiger partial charge in [0.25, 0.3) is 5.91 Å². The molecule has 0 aliphatic carbocycles. The highest BCUT2D eigenvalue weighted by Crippen LogP contribution is 2.25. The third-order valence-electron chi connectivity index (χ3n) is 3.92. The van der Waals surface area contributed by atoms with Crippen molar-refractivity contribution in [1.82, 2.24) is 4.98 Å². The highest BCUT2D eigenvalue weighted by molar-refractivity contribution is 7.89. The van der Waals surface area contributed by atoms with Crippen molar-refractivity contribution >= 4 is 50.0 Å². The largest absolute Gasteiger partial charge is 0.452 e. The van der Waals surface area contributed by atoms with E-state index in [4.69, 9.17) is 21.5 Å². The third-order valence-corrected chi connectivity index (χ3v) is 5.92. The fourth-order valence-corrected chi connectivity index (χ4v) is 3.86. The number of nitrogens with zero attached hydrogens (tertiary/aromatic N) is 1. The summed E-state index contributed by atoms with van der Waals surface area (Å²) in [7, 11) is -4.02. The van der Waals surface area contributed by atoms with Crippen LogP contribution in [0.2, 0.25) is 5.02 Å². The highest BCUT2D eigenvalue weighted by Gasteiger charge is 2.18. The van der Waals surface area contributed by atoms with Gasteiger partial charge >= 0.3 is 5.97 Å². The van der Waals surface area contributed by atoms with Gasteiger partial charge in [-0.2, -0.15) is 0 Å². The molecule has 3 aromatic rings. The van der Waals surface area contributed by atoms with E-state index in [0.717, 1.165) is 23.3 Å². The second kappa shape index (κ2) is 8.92. The molecule has 0 aliphatic rings. The zero-order valence-corrected chi connectivity index (χ0v) is 18.0. The quantitative estimate of drug-likeness (QED) is 0.538. The van der Waals surface area contributed by atoms with Gasteiger partial charge in [0, 0.05) is 10.9 Å². The Labute approximate surface area is 181 Å². The van der Waals surface area contributed by atoms with Crippen LogP contribution in [0.25, 0.3) is 11.3 Å². The van der Waals surface area contributed by atoms with E-state index >= 15 is 0 Å². The number of esters is 1. The second-order valence-electron chi connectivity index (χ2n) is 6.21. The summed E-state index contributed by atoms with van der Waals surface area (Å²) in [6.45, 7) is 1.38. The third kappa shape index (κ3) is 5.42. The van der Waals surface area contributed by atoms with Gasteiger partial charge in [0.15, 0.2) is 11.7 Å². The van der Waals surface area contributed by atoms with E-state index in [2.05, 4.69) is 10.3 Å². The standard InChI is InChI=1S/C19H16ClN3O5S2/c1-11-2-4-12(5-3-11)16-10-29-19(22-16)23-17(24)9-28-18(25)14-8-13(30(21,26)27)6-7-15(14)20/h2-8,10H,9H2,1H3,(H2,21,26,27)(H,22,23,24). The molecule has 0 fully saturated rings. The number of sulfonamides is 1. The number of amides is 1. The number of nitrogens with one attached hydrogen (secondary N) is 1. The Hall–Kier alpha value is -2.79. The fourth-order valence-electron chi connectivity index (χ4n) is 2.39. The van der Waals surface area contributed by atoms with Gasteiger partial charge in [0.1, 0.15) is 0 Å². The topological polar surface area (TPSA) is 128 Å². The Balaban J connectivity index is 1.61. The van der Waals surface area contributed by atoms with Crippen molar-refractivity contribution in [2.45, 2.75) is 11.8 Å². The lowest BCUT2D eigenvalue weighted by atomic mass is 10.1. The van der Waals surface area contributed by atoms with E-state index in [9.17, 15) is 18.0 Å². The summed E-state index contributed by atoms with van der Waals surface area (Å²) >= 11 is 7.14. The van der Waals surface area contributed by atoms with Gasteiger partial charge in [-0.1, -0.05) is 41.4 Å². The number of ether oxygens (including phenoxy) is 1. The lowest BCUT2D eigenvalue weighted by molar-refractivity contribution is -0.119. The van der Waals surface area contributed by atoms with Crippen molar-refractivity contribution in [3.8, 4) is 11.3 Å². The van der Waals surface area contributed by atoms with Crippen molar-refractivity contribution in [2.24, 2.45) is 5.14 Å². The van der Waals surface area contributed by atoms with Gasteiger partial charge < -0.3 is 4.74 Å². The molecule has 0 bridgehead atoms. The zero-order valence-electron chi connectivity index (χ0n) is 15.6. The van der Waals surface area contributed by atoms with E-state index in [-0.39, 0.29) is 15.5 Å². The van der Waals surface area contributed by atoms with Crippen LogP contribution in [-0.4, -0.2) is 31.9 Å².